The number of hydrogen-bond acceptors (Lipinski definition) is 3. The quantitative estimate of drug-likeness (QED) is 0.842. The first-order valence-electron chi connectivity index (χ1n) is 5.56. The van der Waals surface area contributed by atoms with E-state index in [2.05, 4.69) is 10.3 Å². The Morgan fingerprint density at radius 3 is 3.06 bits per heavy atom. The summed E-state index contributed by atoms with van der Waals surface area (Å²) in [6.45, 7) is 2.15. The van der Waals surface area contributed by atoms with Crippen molar-refractivity contribution in [1.29, 1.82) is 0 Å². The van der Waals surface area contributed by atoms with E-state index in [0.29, 0.717) is 6.54 Å². The molecule has 0 aliphatic carbocycles. The molecule has 4 heteroatoms. The molecule has 0 aliphatic rings. The zero-order valence-electron chi connectivity index (χ0n) is 9.68. The zero-order chi connectivity index (χ0) is 12.3. The molecule has 0 radical (unpaired) electrons. The van der Waals surface area contributed by atoms with Gasteiger partial charge in [-0.3, -0.25) is 9.78 Å². The van der Waals surface area contributed by atoms with Crippen molar-refractivity contribution in [2.24, 2.45) is 11.7 Å². The first kappa shape index (κ1) is 11.5. The third kappa shape index (κ3) is 2.60. The van der Waals surface area contributed by atoms with E-state index in [1.165, 1.54) is 0 Å². The molecule has 1 aromatic heterocycles. The monoisotopic (exact) mass is 229 g/mol. The minimum absolute atomic E-state index is 0.0595. The van der Waals surface area contributed by atoms with Gasteiger partial charge in [0.05, 0.1) is 5.52 Å². The van der Waals surface area contributed by atoms with Gasteiger partial charge in [0.1, 0.15) is 0 Å². The number of anilines is 1. The van der Waals surface area contributed by atoms with E-state index in [1.807, 2.05) is 30.3 Å². The molecule has 1 amide bonds. The minimum Gasteiger partial charge on any atom is -0.330 e. The van der Waals surface area contributed by atoms with Crippen molar-refractivity contribution < 1.29 is 4.79 Å². The number of nitrogens with zero attached hydrogens (tertiary/aromatic N) is 1. The van der Waals surface area contributed by atoms with Crippen molar-refractivity contribution >= 4 is 22.5 Å². The highest BCUT2D eigenvalue weighted by Crippen LogP contribution is 2.17. The van der Waals surface area contributed by atoms with Gasteiger partial charge in [0.2, 0.25) is 5.91 Å². The Labute approximate surface area is 99.8 Å². The average molecular weight is 229 g/mol. The summed E-state index contributed by atoms with van der Waals surface area (Å²) in [5.41, 5.74) is 7.13. The van der Waals surface area contributed by atoms with Gasteiger partial charge in [0.25, 0.3) is 0 Å². The lowest BCUT2D eigenvalue weighted by Gasteiger charge is -2.10. The summed E-state index contributed by atoms with van der Waals surface area (Å²) >= 11 is 0. The summed E-state index contributed by atoms with van der Waals surface area (Å²) in [5, 5.41) is 3.84. The van der Waals surface area contributed by atoms with Crippen LogP contribution in [0.2, 0.25) is 0 Å². The second kappa shape index (κ2) is 4.93. The first-order chi connectivity index (χ1) is 8.20. The Balaban J connectivity index is 2.22. The normalized spacial score (nSPS) is 12.4. The molecule has 17 heavy (non-hydrogen) atoms. The molecule has 2 aromatic rings. The number of amides is 1. The van der Waals surface area contributed by atoms with Gasteiger partial charge in [-0.15, -0.1) is 0 Å². The largest absolute Gasteiger partial charge is 0.330 e. The Bertz CT molecular complexity index is 539. The van der Waals surface area contributed by atoms with E-state index in [0.717, 1.165) is 16.6 Å². The average Bonchev–Trinajstić information content (AvgIpc) is 2.37. The first-order valence-corrected chi connectivity index (χ1v) is 5.56. The Morgan fingerprint density at radius 1 is 1.47 bits per heavy atom. The number of carbonyl (C=O) groups is 1. The van der Waals surface area contributed by atoms with Crippen LogP contribution in [0.15, 0.2) is 36.5 Å². The van der Waals surface area contributed by atoms with Crippen molar-refractivity contribution in [2.45, 2.75) is 6.92 Å². The van der Waals surface area contributed by atoms with E-state index in [9.17, 15) is 4.79 Å². The van der Waals surface area contributed by atoms with Gasteiger partial charge in [0, 0.05) is 29.7 Å². The number of nitrogens with one attached hydrogen (secondary N) is 1. The van der Waals surface area contributed by atoms with Gasteiger partial charge in [-0.1, -0.05) is 13.0 Å². The number of aromatic nitrogens is 1. The molecule has 3 N–H and O–H groups in total. The fourth-order valence-electron chi connectivity index (χ4n) is 1.53. The van der Waals surface area contributed by atoms with Crippen LogP contribution in [0.5, 0.6) is 0 Å². The molecule has 1 heterocycles. The maximum atomic E-state index is 11.7. The van der Waals surface area contributed by atoms with Gasteiger partial charge >= 0.3 is 0 Å². The van der Waals surface area contributed by atoms with E-state index in [-0.39, 0.29) is 11.8 Å². The van der Waals surface area contributed by atoms with Crippen LogP contribution in [0.3, 0.4) is 0 Å². The highest BCUT2D eigenvalue weighted by atomic mass is 16.1. The Kier molecular flexibility index (Phi) is 3.35. The number of rotatable bonds is 3. The zero-order valence-corrected chi connectivity index (χ0v) is 9.68. The van der Waals surface area contributed by atoms with Crippen molar-refractivity contribution in [3.05, 3.63) is 36.5 Å². The highest BCUT2D eigenvalue weighted by Gasteiger charge is 2.10. The third-order valence-electron chi connectivity index (χ3n) is 2.67. The lowest BCUT2D eigenvalue weighted by Crippen LogP contribution is -2.26. The maximum absolute atomic E-state index is 11.7. The fourth-order valence-corrected chi connectivity index (χ4v) is 1.53. The summed E-state index contributed by atoms with van der Waals surface area (Å²) in [6, 6.07) is 9.47. The molecular formula is C13H15N3O. The van der Waals surface area contributed by atoms with Gasteiger partial charge in [-0.2, -0.15) is 0 Å². The summed E-state index contributed by atoms with van der Waals surface area (Å²) in [4.78, 5) is 15.9. The lowest BCUT2D eigenvalue weighted by atomic mass is 10.1. The summed E-state index contributed by atoms with van der Waals surface area (Å²) in [7, 11) is 0. The lowest BCUT2D eigenvalue weighted by molar-refractivity contribution is -0.119. The molecule has 1 atom stereocenters. The number of carbonyl (C=O) groups excluding carboxylic acids is 1. The fraction of sp³-hybridized carbons (Fsp3) is 0.231. The van der Waals surface area contributed by atoms with Crippen molar-refractivity contribution in [3.63, 3.8) is 0 Å². The van der Waals surface area contributed by atoms with Crippen LogP contribution in [0.25, 0.3) is 10.9 Å². The summed E-state index contributed by atoms with van der Waals surface area (Å²) in [5.74, 6) is -0.240. The van der Waals surface area contributed by atoms with E-state index >= 15 is 0 Å². The Morgan fingerprint density at radius 2 is 2.29 bits per heavy atom. The molecule has 4 nitrogen and oxygen atoms in total. The van der Waals surface area contributed by atoms with E-state index < -0.39 is 0 Å². The molecule has 0 aliphatic heterocycles. The van der Waals surface area contributed by atoms with Gasteiger partial charge < -0.3 is 11.1 Å². The number of benzene rings is 1. The van der Waals surface area contributed by atoms with E-state index in [4.69, 9.17) is 5.73 Å². The van der Waals surface area contributed by atoms with Crippen molar-refractivity contribution in [2.75, 3.05) is 11.9 Å². The van der Waals surface area contributed by atoms with Crippen LogP contribution >= 0.6 is 0 Å². The van der Waals surface area contributed by atoms with Crippen molar-refractivity contribution in [3.8, 4) is 0 Å². The van der Waals surface area contributed by atoms with E-state index in [1.54, 1.807) is 13.1 Å². The predicted octanol–water partition coefficient (Wildman–Crippen LogP) is 1.77. The molecule has 0 fully saturated rings. The topological polar surface area (TPSA) is 68.0 Å². The minimum atomic E-state index is -0.181. The SMILES string of the molecule is CC(CN)C(=O)Nc1ccc2ncccc2c1. The molecule has 88 valence electrons. The molecular weight excluding hydrogens is 214 g/mol. The molecule has 0 bridgehead atoms. The van der Waals surface area contributed by atoms with Crippen LogP contribution in [0.4, 0.5) is 5.69 Å². The molecule has 1 unspecified atom stereocenters. The van der Waals surface area contributed by atoms with Crippen LogP contribution in [-0.4, -0.2) is 17.4 Å². The van der Waals surface area contributed by atoms with Crippen LogP contribution in [0.1, 0.15) is 6.92 Å². The molecule has 1 aromatic carbocycles. The van der Waals surface area contributed by atoms with Crippen LogP contribution in [0, 0.1) is 5.92 Å². The molecule has 0 saturated heterocycles. The standard InChI is InChI=1S/C13H15N3O/c1-9(8-14)13(17)16-11-4-5-12-10(7-11)3-2-6-15-12/h2-7,9H,8,14H2,1H3,(H,16,17). The second-order valence-electron chi connectivity index (χ2n) is 4.04. The molecule has 2 rings (SSSR count). The number of pyridine rings is 1. The summed E-state index contributed by atoms with van der Waals surface area (Å²) < 4.78 is 0. The number of fused-ring (bicyclic) bond motifs is 1. The van der Waals surface area contributed by atoms with Gasteiger partial charge in [-0.05, 0) is 24.3 Å². The predicted molar refractivity (Wildman–Crippen MR) is 68.6 cm³/mol. The van der Waals surface area contributed by atoms with Crippen LogP contribution < -0.4 is 11.1 Å². The molecule has 0 spiro atoms. The second-order valence-corrected chi connectivity index (χ2v) is 4.04. The summed E-state index contributed by atoms with van der Waals surface area (Å²) in [6.07, 6.45) is 1.75. The maximum Gasteiger partial charge on any atom is 0.228 e. The third-order valence-corrected chi connectivity index (χ3v) is 2.67. The highest BCUT2D eigenvalue weighted by molar-refractivity contribution is 5.94. The van der Waals surface area contributed by atoms with Crippen LogP contribution in [-0.2, 0) is 4.79 Å². The van der Waals surface area contributed by atoms with Gasteiger partial charge in [-0.25, -0.2) is 0 Å². The molecule has 0 saturated carbocycles. The van der Waals surface area contributed by atoms with Crippen molar-refractivity contribution in [1.82, 2.24) is 4.98 Å². The van der Waals surface area contributed by atoms with Gasteiger partial charge in [0.15, 0.2) is 0 Å². The smallest absolute Gasteiger partial charge is 0.228 e. The Hall–Kier alpha value is -1.94. The number of hydrogen-bond donors (Lipinski definition) is 2. The number of nitrogens with two attached hydrogens (primary N) is 1.